The third kappa shape index (κ3) is 1.78. The third-order valence-corrected chi connectivity index (χ3v) is 3.76. The zero-order chi connectivity index (χ0) is 10.2. The van der Waals surface area contributed by atoms with Gasteiger partial charge in [0.05, 0.1) is 5.54 Å². The maximum Gasteiger partial charge on any atom is 0.237 e. The molecule has 3 heteroatoms. The maximum atomic E-state index is 11.5. The van der Waals surface area contributed by atoms with E-state index in [-0.39, 0.29) is 5.91 Å². The Labute approximate surface area is 85.4 Å². The van der Waals surface area contributed by atoms with Gasteiger partial charge in [0.15, 0.2) is 0 Å². The van der Waals surface area contributed by atoms with Crippen LogP contribution in [0.2, 0.25) is 0 Å². The molecule has 14 heavy (non-hydrogen) atoms. The van der Waals surface area contributed by atoms with Crippen molar-refractivity contribution in [1.29, 1.82) is 0 Å². The standard InChI is InChI=1S/C11H20N2O/c1-11(10(12)14,13-9-6-7-9)8-4-2-3-5-8/h8-9,13H,2-7H2,1H3,(H2,12,14). The summed E-state index contributed by atoms with van der Waals surface area (Å²) < 4.78 is 0. The minimum absolute atomic E-state index is 0.170. The molecule has 2 aliphatic rings. The molecule has 0 radical (unpaired) electrons. The fourth-order valence-electron chi connectivity index (χ4n) is 2.55. The van der Waals surface area contributed by atoms with Crippen LogP contribution < -0.4 is 11.1 Å². The van der Waals surface area contributed by atoms with Gasteiger partial charge in [0, 0.05) is 6.04 Å². The van der Waals surface area contributed by atoms with E-state index in [1.807, 2.05) is 6.92 Å². The molecule has 3 nitrogen and oxygen atoms in total. The van der Waals surface area contributed by atoms with Crippen LogP contribution in [-0.2, 0) is 4.79 Å². The van der Waals surface area contributed by atoms with E-state index >= 15 is 0 Å². The van der Waals surface area contributed by atoms with E-state index < -0.39 is 5.54 Å². The van der Waals surface area contributed by atoms with Crippen LogP contribution in [0.1, 0.15) is 45.4 Å². The van der Waals surface area contributed by atoms with E-state index in [0.29, 0.717) is 12.0 Å². The Morgan fingerprint density at radius 3 is 2.29 bits per heavy atom. The van der Waals surface area contributed by atoms with Crippen LogP contribution in [0.3, 0.4) is 0 Å². The first-order valence-corrected chi connectivity index (χ1v) is 5.70. The zero-order valence-electron chi connectivity index (χ0n) is 8.88. The van der Waals surface area contributed by atoms with E-state index in [2.05, 4.69) is 5.32 Å². The Morgan fingerprint density at radius 2 is 1.86 bits per heavy atom. The second-order valence-corrected chi connectivity index (χ2v) is 4.97. The fourth-order valence-corrected chi connectivity index (χ4v) is 2.55. The first-order valence-electron chi connectivity index (χ1n) is 5.70. The molecule has 0 spiro atoms. The van der Waals surface area contributed by atoms with Crippen LogP contribution >= 0.6 is 0 Å². The number of nitrogens with two attached hydrogens (primary N) is 1. The highest BCUT2D eigenvalue weighted by Gasteiger charge is 2.43. The van der Waals surface area contributed by atoms with Crippen molar-refractivity contribution in [3.63, 3.8) is 0 Å². The Kier molecular flexibility index (Phi) is 2.52. The number of hydrogen-bond acceptors (Lipinski definition) is 2. The fraction of sp³-hybridized carbons (Fsp3) is 0.909. The number of rotatable bonds is 4. The van der Waals surface area contributed by atoms with Crippen LogP contribution in [0.4, 0.5) is 0 Å². The molecule has 0 bridgehead atoms. The molecule has 0 aromatic rings. The topological polar surface area (TPSA) is 55.1 Å². The summed E-state index contributed by atoms with van der Waals surface area (Å²) in [4.78, 5) is 11.5. The molecule has 80 valence electrons. The summed E-state index contributed by atoms with van der Waals surface area (Å²) in [5.74, 6) is 0.289. The van der Waals surface area contributed by atoms with Gasteiger partial charge in [0.1, 0.15) is 0 Å². The normalized spacial score (nSPS) is 27.5. The van der Waals surface area contributed by atoms with Crippen molar-refractivity contribution in [2.75, 3.05) is 0 Å². The predicted octanol–water partition coefficient (Wildman–Crippen LogP) is 1.17. The van der Waals surface area contributed by atoms with Crippen LogP contribution in [0.15, 0.2) is 0 Å². The lowest BCUT2D eigenvalue weighted by Gasteiger charge is -2.33. The van der Waals surface area contributed by atoms with Gasteiger partial charge in [-0.25, -0.2) is 0 Å². The molecule has 0 aliphatic heterocycles. The Balaban J connectivity index is 2.06. The van der Waals surface area contributed by atoms with Gasteiger partial charge in [-0.2, -0.15) is 0 Å². The van der Waals surface area contributed by atoms with Crippen molar-refractivity contribution in [2.45, 2.75) is 57.0 Å². The van der Waals surface area contributed by atoms with Gasteiger partial charge in [-0.3, -0.25) is 4.79 Å². The molecule has 2 aliphatic carbocycles. The minimum Gasteiger partial charge on any atom is -0.368 e. The average molecular weight is 196 g/mol. The summed E-state index contributed by atoms with van der Waals surface area (Å²) in [6.07, 6.45) is 7.21. The molecule has 0 aromatic heterocycles. The smallest absolute Gasteiger partial charge is 0.237 e. The van der Waals surface area contributed by atoms with Gasteiger partial charge in [0.25, 0.3) is 0 Å². The summed E-state index contributed by atoms with van der Waals surface area (Å²) in [5, 5.41) is 3.43. The van der Waals surface area contributed by atoms with Gasteiger partial charge < -0.3 is 11.1 Å². The molecular weight excluding hydrogens is 176 g/mol. The number of hydrogen-bond donors (Lipinski definition) is 2. The van der Waals surface area contributed by atoms with Crippen molar-refractivity contribution in [2.24, 2.45) is 11.7 Å². The van der Waals surface area contributed by atoms with Gasteiger partial charge in [-0.05, 0) is 38.5 Å². The van der Waals surface area contributed by atoms with Crippen molar-refractivity contribution in [3.05, 3.63) is 0 Å². The van der Waals surface area contributed by atoms with Gasteiger partial charge >= 0.3 is 0 Å². The molecule has 2 fully saturated rings. The highest BCUT2D eigenvalue weighted by Crippen LogP contribution is 2.36. The lowest BCUT2D eigenvalue weighted by atomic mass is 9.83. The largest absolute Gasteiger partial charge is 0.368 e. The number of carbonyl (C=O) groups is 1. The summed E-state index contributed by atoms with van der Waals surface area (Å²) >= 11 is 0. The minimum atomic E-state index is -0.447. The van der Waals surface area contributed by atoms with Crippen molar-refractivity contribution in [1.82, 2.24) is 5.32 Å². The molecule has 3 N–H and O–H groups in total. The van der Waals surface area contributed by atoms with E-state index in [4.69, 9.17) is 5.73 Å². The number of primary amides is 1. The molecule has 1 amide bonds. The summed E-state index contributed by atoms with van der Waals surface area (Å²) in [6.45, 7) is 1.99. The maximum absolute atomic E-state index is 11.5. The average Bonchev–Trinajstić information content (AvgIpc) is 2.78. The first kappa shape index (κ1) is 9.97. The van der Waals surface area contributed by atoms with Crippen molar-refractivity contribution in [3.8, 4) is 0 Å². The SMILES string of the molecule is CC(NC1CC1)(C(N)=O)C1CCCC1. The van der Waals surface area contributed by atoms with E-state index in [0.717, 1.165) is 12.8 Å². The second kappa shape index (κ2) is 3.54. The van der Waals surface area contributed by atoms with Crippen LogP contribution in [0.5, 0.6) is 0 Å². The predicted molar refractivity (Wildman–Crippen MR) is 55.7 cm³/mol. The Bertz CT molecular complexity index is 231. The van der Waals surface area contributed by atoms with Crippen LogP contribution in [-0.4, -0.2) is 17.5 Å². The molecule has 2 rings (SSSR count). The molecule has 2 saturated carbocycles. The zero-order valence-corrected chi connectivity index (χ0v) is 8.88. The lowest BCUT2D eigenvalue weighted by Crippen LogP contribution is -2.58. The molecule has 0 saturated heterocycles. The molecule has 0 aromatic carbocycles. The number of nitrogens with one attached hydrogen (secondary N) is 1. The van der Waals surface area contributed by atoms with Gasteiger partial charge in [-0.15, -0.1) is 0 Å². The second-order valence-electron chi connectivity index (χ2n) is 4.97. The van der Waals surface area contributed by atoms with E-state index in [1.54, 1.807) is 0 Å². The Hall–Kier alpha value is -0.570. The monoisotopic (exact) mass is 196 g/mol. The van der Waals surface area contributed by atoms with Gasteiger partial charge in [0.2, 0.25) is 5.91 Å². The van der Waals surface area contributed by atoms with Gasteiger partial charge in [-0.1, -0.05) is 12.8 Å². The molecule has 1 atom stereocenters. The Morgan fingerprint density at radius 1 is 1.29 bits per heavy atom. The van der Waals surface area contributed by atoms with Crippen molar-refractivity contribution < 1.29 is 4.79 Å². The van der Waals surface area contributed by atoms with Crippen LogP contribution in [0.25, 0.3) is 0 Å². The molecule has 1 unspecified atom stereocenters. The van der Waals surface area contributed by atoms with Crippen LogP contribution in [0, 0.1) is 5.92 Å². The first-order chi connectivity index (χ1) is 6.63. The highest BCUT2D eigenvalue weighted by molar-refractivity contribution is 5.84. The summed E-state index contributed by atoms with van der Waals surface area (Å²) in [6, 6.07) is 0.549. The molecule has 0 heterocycles. The quantitative estimate of drug-likeness (QED) is 0.709. The van der Waals surface area contributed by atoms with E-state index in [9.17, 15) is 4.79 Å². The summed E-state index contributed by atoms with van der Waals surface area (Å²) in [7, 11) is 0. The third-order valence-electron chi connectivity index (χ3n) is 3.76. The van der Waals surface area contributed by atoms with E-state index in [1.165, 1.54) is 25.7 Å². The highest BCUT2D eigenvalue weighted by atomic mass is 16.1. The summed E-state index contributed by atoms with van der Waals surface area (Å²) in [5.41, 5.74) is 5.08. The number of amides is 1. The van der Waals surface area contributed by atoms with Crippen molar-refractivity contribution >= 4 is 5.91 Å². The lowest BCUT2D eigenvalue weighted by molar-refractivity contribution is -0.126. The number of carbonyl (C=O) groups excluding carboxylic acids is 1. The molecular formula is C11H20N2O.